The van der Waals surface area contributed by atoms with Gasteiger partial charge in [-0.1, -0.05) is 18.2 Å². The Labute approximate surface area is 120 Å². The first kappa shape index (κ1) is 13.1. The Morgan fingerprint density at radius 1 is 1.43 bits per heavy atom. The van der Waals surface area contributed by atoms with Gasteiger partial charge in [-0.2, -0.15) is 4.98 Å². The number of rotatable bonds is 3. The van der Waals surface area contributed by atoms with Gasteiger partial charge in [-0.15, -0.1) is 0 Å². The molecule has 3 rings (SSSR count). The molecule has 0 radical (unpaired) electrons. The fourth-order valence-electron chi connectivity index (χ4n) is 2.29. The Kier molecular flexibility index (Phi) is 3.27. The number of hydrogen-bond donors (Lipinski definition) is 2. The van der Waals surface area contributed by atoms with Crippen molar-refractivity contribution >= 4 is 17.5 Å². The SMILES string of the molecule is Nc1ncc([N+](=O)[O-])c(NC2CCOc3ccccc32)n1. The molecule has 0 amide bonds. The van der Waals surface area contributed by atoms with Gasteiger partial charge in [0, 0.05) is 12.0 Å². The second-order valence-electron chi connectivity index (χ2n) is 4.59. The van der Waals surface area contributed by atoms with Gasteiger partial charge in [0.05, 0.1) is 17.6 Å². The predicted molar refractivity (Wildman–Crippen MR) is 76.0 cm³/mol. The van der Waals surface area contributed by atoms with Crippen LogP contribution in [0.25, 0.3) is 0 Å². The minimum absolute atomic E-state index is 0.0107. The lowest BCUT2D eigenvalue weighted by atomic mass is 10.0. The van der Waals surface area contributed by atoms with E-state index in [2.05, 4.69) is 15.3 Å². The van der Waals surface area contributed by atoms with E-state index >= 15 is 0 Å². The molecular weight excluding hydrogens is 274 g/mol. The van der Waals surface area contributed by atoms with Gasteiger partial charge < -0.3 is 15.8 Å². The average Bonchev–Trinajstić information content (AvgIpc) is 2.47. The van der Waals surface area contributed by atoms with Gasteiger partial charge in [0.1, 0.15) is 11.9 Å². The summed E-state index contributed by atoms with van der Waals surface area (Å²) >= 11 is 0. The van der Waals surface area contributed by atoms with Crippen molar-refractivity contribution in [3.05, 3.63) is 46.1 Å². The highest BCUT2D eigenvalue weighted by atomic mass is 16.6. The fourth-order valence-corrected chi connectivity index (χ4v) is 2.29. The molecule has 1 atom stereocenters. The van der Waals surface area contributed by atoms with Crippen LogP contribution in [0.2, 0.25) is 0 Å². The third kappa shape index (κ3) is 2.55. The van der Waals surface area contributed by atoms with Crippen molar-refractivity contribution in [1.29, 1.82) is 0 Å². The number of nitro groups is 1. The molecule has 8 heteroatoms. The zero-order valence-electron chi connectivity index (χ0n) is 11.0. The quantitative estimate of drug-likeness (QED) is 0.654. The van der Waals surface area contributed by atoms with E-state index in [9.17, 15) is 10.1 Å². The van der Waals surface area contributed by atoms with E-state index in [-0.39, 0.29) is 23.5 Å². The Morgan fingerprint density at radius 3 is 3.05 bits per heavy atom. The third-order valence-electron chi connectivity index (χ3n) is 3.25. The van der Waals surface area contributed by atoms with Crippen LogP contribution in [-0.4, -0.2) is 21.5 Å². The van der Waals surface area contributed by atoms with Crippen LogP contribution in [-0.2, 0) is 0 Å². The number of nitrogens with two attached hydrogens (primary N) is 1. The highest BCUT2D eigenvalue weighted by molar-refractivity contribution is 5.58. The number of para-hydroxylation sites is 1. The number of hydrogen-bond acceptors (Lipinski definition) is 7. The molecule has 0 saturated carbocycles. The molecule has 0 bridgehead atoms. The van der Waals surface area contributed by atoms with Gasteiger partial charge in [-0.25, -0.2) is 4.98 Å². The van der Waals surface area contributed by atoms with Gasteiger partial charge in [-0.05, 0) is 6.07 Å². The molecule has 0 saturated heterocycles. The molecule has 108 valence electrons. The largest absolute Gasteiger partial charge is 0.493 e. The summed E-state index contributed by atoms with van der Waals surface area (Å²) in [5.41, 5.74) is 6.26. The Bertz CT molecular complexity index is 691. The Balaban J connectivity index is 1.95. The van der Waals surface area contributed by atoms with E-state index < -0.39 is 4.92 Å². The molecule has 1 aromatic carbocycles. The van der Waals surface area contributed by atoms with Crippen LogP contribution in [0.5, 0.6) is 5.75 Å². The number of fused-ring (bicyclic) bond motifs is 1. The van der Waals surface area contributed by atoms with Crippen molar-refractivity contribution in [2.24, 2.45) is 0 Å². The van der Waals surface area contributed by atoms with E-state index in [0.717, 1.165) is 17.5 Å². The number of anilines is 2. The van der Waals surface area contributed by atoms with Gasteiger partial charge in [-0.3, -0.25) is 10.1 Å². The molecule has 0 spiro atoms. The minimum Gasteiger partial charge on any atom is -0.493 e. The molecule has 2 aromatic rings. The number of nitrogen functional groups attached to an aromatic ring is 1. The second-order valence-corrected chi connectivity index (χ2v) is 4.59. The number of ether oxygens (including phenoxy) is 1. The molecule has 2 heterocycles. The summed E-state index contributed by atoms with van der Waals surface area (Å²) in [7, 11) is 0. The van der Waals surface area contributed by atoms with Crippen molar-refractivity contribution in [1.82, 2.24) is 9.97 Å². The van der Waals surface area contributed by atoms with Gasteiger partial charge >= 0.3 is 5.69 Å². The molecule has 1 unspecified atom stereocenters. The first-order chi connectivity index (χ1) is 10.1. The molecule has 21 heavy (non-hydrogen) atoms. The molecule has 3 N–H and O–H groups in total. The lowest BCUT2D eigenvalue weighted by molar-refractivity contribution is -0.384. The first-order valence-corrected chi connectivity index (χ1v) is 6.40. The van der Waals surface area contributed by atoms with Crippen molar-refractivity contribution < 1.29 is 9.66 Å². The van der Waals surface area contributed by atoms with Crippen LogP contribution in [0.1, 0.15) is 18.0 Å². The summed E-state index contributed by atoms with van der Waals surface area (Å²) in [6.45, 7) is 0.531. The van der Waals surface area contributed by atoms with E-state index in [4.69, 9.17) is 10.5 Å². The monoisotopic (exact) mass is 287 g/mol. The maximum absolute atomic E-state index is 11.0. The Hall–Kier alpha value is -2.90. The highest BCUT2D eigenvalue weighted by Gasteiger charge is 2.25. The van der Waals surface area contributed by atoms with E-state index in [1.54, 1.807) is 0 Å². The lowest BCUT2D eigenvalue weighted by Gasteiger charge is -2.26. The van der Waals surface area contributed by atoms with Crippen LogP contribution < -0.4 is 15.8 Å². The number of nitrogens with one attached hydrogen (secondary N) is 1. The molecule has 1 aliphatic rings. The minimum atomic E-state index is -0.535. The zero-order valence-corrected chi connectivity index (χ0v) is 11.0. The summed E-state index contributed by atoms with van der Waals surface area (Å²) in [5.74, 6) is 0.878. The van der Waals surface area contributed by atoms with Crippen LogP contribution >= 0.6 is 0 Å². The highest BCUT2D eigenvalue weighted by Crippen LogP contribution is 2.35. The lowest BCUT2D eigenvalue weighted by Crippen LogP contribution is -2.21. The molecule has 1 aliphatic heterocycles. The standard InChI is InChI=1S/C13H13N5O3/c14-13-15-7-10(18(19)20)12(17-13)16-9-5-6-21-11-4-2-1-3-8(9)11/h1-4,7,9H,5-6H2,(H3,14,15,16,17). The topological polar surface area (TPSA) is 116 Å². The number of aromatic nitrogens is 2. The number of benzene rings is 1. The smallest absolute Gasteiger partial charge is 0.329 e. The second kappa shape index (κ2) is 5.23. The van der Waals surface area contributed by atoms with Gasteiger partial charge in [0.15, 0.2) is 0 Å². The Morgan fingerprint density at radius 2 is 2.24 bits per heavy atom. The fraction of sp³-hybridized carbons (Fsp3) is 0.231. The number of nitrogens with zero attached hydrogens (tertiary/aromatic N) is 3. The van der Waals surface area contributed by atoms with Crippen LogP contribution in [0.4, 0.5) is 17.5 Å². The summed E-state index contributed by atoms with van der Waals surface area (Å²) in [4.78, 5) is 18.1. The summed E-state index contributed by atoms with van der Waals surface area (Å²) < 4.78 is 5.56. The van der Waals surface area contributed by atoms with Crippen molar-refractivity contribution in [2.75, 3.05) is 17.7 Å². The maximum Gasteiger partial charge on any atom is 0.329 e. The van der Waals surface area contributed by atoms with Gasteiger partial charge in [0.25, 0.3) is 0 Å². The molecule has 0 aliphatic carbocycles. The van der Waals surface area contributed by atoms with Crippen LogP contribution in [0, 0.1) is 10.1 Å². The van der Waals surface area contributed by atoms with E-state index in [0.29, 0.717) is 13.0 Å². The average molecular weight is 287 g/mol. The summed E-state index contributed by atoms with van der Waals surface area (Å²) in [6, 6.07) is 7.44. The van der Waals surface area contributed by atoms with E-state index in [1.165, 1.54) is 0 Å². The summed E-state index contributed by atoms with van der Waals surface area (Å²) in [6.07, 6.45) is 1.79. The van der Waals surface area contributed by atoms with E-state index in [1.807, 2.05) is 24.3 Å². The predicted octanol–water partition coefficient (Wildman–Crippen LogP) is 1.90. The van der Waals surface area contributed by atoms with Gasteiger partial charge in [0.2, 0.25) is 11.8 Å². The normalized spacial score (nSPS) is 16.7. The van der Waals surface area contributed by atoms with Crippen LogP contribution in [0.15, 0.2) is 30.5 Å². The molecule has 0 fully saturated rings. The molecule has 8 nitrogen and oxygen atoms in total. The third-order valence-corrected chi connectivity index (χ3v) is 3.25. The van der Waals surface area contributed by atoms with Crippen molar-refractivity contribution in [3.8, 4) is 5.75 Å². The first-order valence-electron chi connectivity index (χ1n) is 6.40. The molecule has 1 aromatic heterocycles. The van der Waals surface area contributed by atoms with Crippen molar-refractivity contribution in [3.63, 3.8) is 0 Å². The zero-order chi connectivity index (χ0) is 14.8. The van der Waals surface area contributed by atoms with Crippen LogP contribution in [0.3, 0.4) is 0 Å². The van der Waals surface area contributed by atoms with Crippen molar-refractivity contribution in [2.45, 2.75) is 12.5 Å². The summed E-state index contributed by atoms with van der Waals surface area (Å²) in [5, 5.41) is 14.1. The molecular formula is C13H13N5O3. The maximum atomic E-state index is 11.0.